The highest BCUT2D eigenvalue weighted by molar-refractivity contribution is 4.68. The molecule has 0 bridgehead atoms. The van der Waals surface area contributed by atoms with E-state index in [0.717, 1.165) is 30.3 Å². The molecule has 0 spiro atoms. The molecule has 0 aliphatic heterocycles. The molecule has 0 amide bonds. The molecule has 0 fully saturated rings. The Balaban J connectivity index is 2.42. The predicted molar refractivity (Wildman–Crippen MR) is 65.1 cm³/mol. The minimum absolute atomic E-state index is 0.349. The van der Waals surface area contributed by atoms with E-state index in [1.807, 2.05) is 0 Å². The number of aliphatic hydroxyl groups is 1. The molecule has 2 N–H and O–H groups in total. The van der Waals surface area contributed by atoms with Gasteiger partial charge in [0.25, 0.3) is 0 Å². The van der Waals surface area contributed by atoms with Crippen LogP contribution in [-0.2, 0) is 13.6 Å². The van der Waals surface area contributed by atoms with Crippen LogP contribution in [0.4, 0.5) is 0 Å². The lowest BCUT2D eigenvalue weighted by Gasteiger charge is -2.09. The first kappa shape index (κ1) is 13.8. The lowest BCUT2D eigenvalue weighted by atomic mass is 10.1. The van der Waals surface area contributed by atoms with E-state index < -0.39 is 11.8 Å². The van der Waals surface area contributed by atoms with Crippen LogP contribution in [0.25, 0.3) is 0 Å². The SMILES string of the molecule is CCCCC[C@@H](O)CCn1[nH]c(=O)n(C)c1=O. The molecule has 0 aliphatic carbocycles. The van der Waals surface area contributed by atoms with Crippen LogP contribution in [0.5, 0.6) is 0 Å². The van der Waals surface area contributed by atoms with Crippen molar-refractivity contribution in [3.8, 4) is 0 Å². The molecule has 0 aromatic carbocycles. The first-order valence-corrected chi connectivity index (χ1v) is 6.10. The summed E-state index contributed by atoms with van der Waals surface area (Å²) in [6, 6.07) is 0. The zero-order chi connectivity index (χ0) is 12.8. The van der Waals surface area contributed by atoms with Crippen LogP contribution < -0.4 is 11.4 Å². The number of hydrogen-bond acceptors (Lipinski definition) is 3. The average Bonchev–Trinajstić information content (AvgIpc) is 2.54. The summed E-state index contributed by atoms with van der Waals surface area (Å²) in [6.07, 6.45) is 4.07. The number of aromatic nitrogens is 3. The molecule has 98 valence electrons. The van der Waals surface area contributed by atoms with Gasteiger partial charge in [0.1, 0.15) is 0 Å². The second-order valence-corrected chi connectivity index (χ2v) is 4.35. The van der Waals surface area contributed by atoms with Gasteiger partial charge in [-0.05, 0) is 12.8 Å². The molecule has 0 saturated carbocycles. The van der Waals surface area contributed by atoms with Gasteiger partial charge in [0.2, 0.25) is 0 Å². The van der Waals surface area contributed by atoms with Crippen LogP contribution in [0.1, 0.15) is 39.0 Å². The lowest BCUT2D eigenvalue weighted by Crippen LogP contribution is -2.26. The average molecular weight is 243 g/mol. The molecular weight excluding hydrogens is 222 g/mol. The summed E-state index contributed by atoms with van der Waals surface area (Å²) in [7, 11) is 1.43. The topological polar surface area (TPSA) is 80.0 Å². The standard InChI is InChI=1S/C11H21N3O3/c1-3-4-5-6-9(15)7-8-14-11(17)13(2)10(16)12-14/h9,15H,3-8H2,1-2H3,(H,12,16)/t9-/m1/s1. The lowest BCUT2D eigenvalue weighted by molar-refractivity contribution is 0.143. The second-order valence-electron chi connectivity index (χ2n) is 4.35. The first-order valence-electron chi connectivity index (χ1n) is 6.10. The van der Waals surface area contributed by atoms with E-state index in [2.05, 4.69) is 12.0 Å². The smallest absolute Gasteiger partial charge is 0.346 e. The maximum atomic E-state index is 11.5. The van der Waals surface area contributed by atoms with Crippen molar-refractivity contribution in [3.05, 3.63) is 21.0 Å². The van der Waals surface area contributed by atoms with Crippen LogP contribution in [-0.4, -0.2) is 25.6 Å². The van der Waals surface area contributed by atoms with Gasteiger partial charge < -0.3 is 5.11 Å². The van der Waals surface area contributed by atoms with Gasteiger partial charge in [-0.2, -0.15) is 0 Å². The van der Waals surface area contributed by atoms with Crippen molar-refractivity contribution in [2.75, 3.05) is 0 Å². The molecule has 1 atom stereocenters. The van der Waals surface area contributed by atoms with Crippen LogP contribution >= 0.6 is 0 Å². The Morgan fingerprint density at radius 1 is 1.29 bits per heavy atom. The number of nitrogens with one attached hydrogen (secondary N) is 1. The first-order chi connectivity index (χ1) is 8.06. The maximum Gasteiger partial charge on any atom is 0.346 e. The molecule has 1 rings (SSSR count). The fourth-order valence-corrected chi connectivity index (χ4v) is 1.71. The van der Waals surface area contributed by atoms with Crippen molar-refractivity contribution in [2.24, 2.45) is 7.05 Å². The Morgan fingerprint density at radius 3 is 2.53 bits per heavy atom. The third-order valence-electron chi connectivity index (χ3n) is 2.88. The van der Waals surface area contributed by atoms with Crippen molar-refractivity contribution in [1.82, 2.24) is 14.3 Å². The summed E-state index contributed by atoms with van der Waals surface area (Å²) in [6.45, 7) is 2.46. The number of aliphatic hydroxyl groups excluding tert-OH is 1. The number of unbranched alkanes of at least 4 members (excludes halogenated alkanes) is 2. The van der Waals surface area contributed by atoms with E-state index >= 15 is 0 Å². The van der Waals surface area contributed by atoms with Crippen molar-refractivity contribution >= 4 is 0 Å². The number of aryl methyl sites for hydroxylation is 1. The molecule has 1 heterocycles. The third kappa shape index (κ3) is 3.89. The Morgan fingerprint density at radius 2 is 2.00 bits per heavy atom. The summed E-state index contributed by atoms with van der Waals surface area (Å²) in [5, 5.41) is 12.1. The minimum Gasteiger partial charge on any atom is -0.393 e. The van der Waals surface area contributed by atoms with Gasteiger partial charge in [0.05, 0.1) is 6.10 Å². The van der Waals surface area contributed by atoms with Gasteiger partial charge in [-0.3, -0.25) is 0 Å². The zero-order valence-electron chi connectivity index (χ0n) is 10.5. The minimum atomic E-state index is -0.421. The molecule has 6 nitrogen and oxygen atoms in total. The van der Waals surface area contributed by atoms with Gasteiger partial charge in [0, 0.05) is 13.6 Å². The molecule has 1 aromatic heterocycles. The molecule has 6 heteroatoms. The highest BCUT2D eigenvalue weighted by atomic mass is 16.3. The molecule has 0 radical (unpaired) electrons. The van der Waals surface area contributed by atoms with Crippen LogP contribution in [0.3, 0.4) is 0 Å². The van der Waals surface area contributed by atoms with Crippen LogP contribution in [0.15, 0.2) is 9.59 Å². The van der Waals surface area contributed by atoms with Crippen molar-refractivity contribution in [2.45, 2.75) is 51.7 Å². The largest absolute Gasteiger partial charge is 0.393 e. The van der Waals surface area contributed by atoms with Crippen molar-refractivity contribution in [1.29, 1.82) is 0 Å². The molecule has 0 unspecified atom stereocenters. The Bertz CT molecular complexity index is 444. The highest BCUT2D eigenvalue weighted by Gasteiger charge is 2.08. The summed E-state index contributed by atoms with van der Waals surface area (Å²) in [4.78, 5) is 22.6. The van der Waals surface area contributed by atoms with Gasteiger partial charge in [-0.1, -0.05) is 26.2 Å². The van der Waals surface area contributed by atoms with Crippen molar-refractivity contribution in [3.63, 3.8) is 0 Å². The van der Waals surface area contributed by atoms with E-state index in [0.29, 0.717) is 13.0 Å². The molecule has 0 saturated heterocycles. The summed E-state index contributed by atoms with van der Waals surface area (Å²) in [5.41, 5.74) is -0.786. The van der Waals surface area contributed by atoms with Gasteiger partial charge >= 0.3 is 11.4 Å². The van der Waals surface area contributed by atoms with Gasteiger partial charge in [-0.25, -0.2) is 23.9 Å². The number of hydrogen-bond donors (Lipinski definition) is 2. The van der Waals surface area contributed by atoms with E-state index in [-0.39, 0.29) is 5.69 Å². The fourth-order valence-electron chi connectivity index (χ4n) is 1.71. The monoisotopic (exact) mass is 243 g/mol. The molecule has 0 aliphatic rings. The summed E-state index contributed by atoms with van der Waals surface area (Å²) in [5.74, 6) is 0. The zero-order valence-corrected chi connectivity index (χ0v) is 10.5. The van der Waals surface area contributed by atoms with Gasteiger partial charge in [0.15, 0.2) is 0 Å². The Hall–Kier alpha value is -1.30. The van der Waals surface area contributed by atoms with Crippen LogP contribution in [0, 0.1) is 0 Å². The van der Waals surface area contributed by atoms with Crippen LogP contribution in [0.2, 0.25) is 0 Å². The maximum absolute atomic E-state index is 11.5. The quantitative estimate of drug-likeness (QED) is 0.672. The Labute approximate surface area is 99.9 Å². The van der Waals surface area contributed by atoms with Gasteiger partial charge in [-0.15, -0.1) is 0 Å². The molecular formula is C11H21N3O3. The summed E-state index contributed by atoms with van der Waals surface area (Å²) >= 11 is 0. The van der Waals surface area contributed by atoms with E-state index in [4.69, 9.17) is 0 Å². The number of aromatic amines is 1. The number of H-pyrrole nitrogens is 1. The van der Waals surface area contributed by atoms with E-state index in [1.54, 1.807) is 0 Å². The van der Waals surface area contributed by atoms with Crippen molar-refractivity contribution < 1.29 is 5.11 Å². The predicted octanol–water partition coefficient (Wildman–Crippen LogP) is 0.206. The highest BCUT2D eigenvalue weighted by Crippen LogP contribution is 2.06. The van der Waals surface area contributed by atoms with E-state index in [9.17, 15) is 14.7 Å². The Kier molecular flexibility index (Phi) is 5.21. The number of nitrogens with zero attached hydrogens (tertiary/aromatic N) is 2. The number of rotatable bonds is 7. The molecule has 1 aromatic rings. The second kappa shape index (κ2) is 6.44. The summed E-state index contributed by atoms with van der Waals surface area (Å²) < 4.78 is 2.26. The molecule has 17 heavy (non-hydrogen) atoms. The normalized spacial score (nSPS) is 12.9. The fraction of sp³-hybridized carbons (Fsp3) is 0.818. The third-order valence-corrected chi connectivity index (χ3v) is 2.88. The van der Waals surface area contributed by atoms with E-state index in [1.165, 1.54) is 11.7 Å².